The van der Waals surface area contributed by atoms with E-state index >= 15 is 0 Å². The Morgan fingerprint density at radius 2 is 2.14 bits per heavy atom. The van der Waals surface area contributed by atoms with E-state index in [1.165, 1.54) is 6.42 Å². The summed E-state index contributed by atoms with van der Waals surface area (Å²) < 4.78 is 19.2. The van der Waals surface area contributed by atoms with Crippen LogP contribution in [0.2, 0.25) is 0 Å². The van der Waals surface area contributed by atoms with Crippen LogP contribution in [-0.2, 0) is 11.3 Å². The first kappa shape index (κ1) is 16.2. The number of piperidine rings is 1. The minimum atomic E-state index is -0.122. The molecule has 1 fully saturated rings. The molecular formula is C17H27FN2O. The molecule has 2 unspecified atom stereocenters. The van der Waals surface area contributed by atoms with Gasteiger partial charge in [-0.05, 0) is 30.4 Å². The topological polar surface area (TPSA) is 24.5 Å². The van der Waals surface area contributed by atoms with Gasteiger partial charge in [0, 0.05) is 44.5 Å². The molecule has 0 spiro atoms. The van der Waals surface area contributed by atoms with Gasteiger partial charge in [0.2, 0.25) is 0 Å². The van der Waals surface area contributed by atoms with Crippen molar-refractivity contribution in [2.24, 2.45) is 11.8 Å². The van der Waals surface area contributed by atoms with Crippen molar-refractivity contribution in [2.75, 3.05) is 38.3 Å². The molecular weight excluding hydrogens is 267 g/mol. The fourth-order valence-corrected chi connectivity index (χ4v) is 2.89. The summed E-state index contributed by atoms with van der Waals surface area (Å²) in [5.41, 5.74) is 1.81. The molecule has 0 amide bonds. The molecule has 0 radical (unpaired) electrons. The average Bonchev–Trinajstić information content (AvgIpc) is 2.48. The number of hydrogen-bond donors (Lipinski definition) is 1. The van der Waals surface area contributed by atoms with Crippen molar-refractivity contribution in [3.63, 3.8) is 0 Å². The highest BCUT2D eigenvalue weighted by molar-refractivity contribution is 5.54. The quantitative estimate of drug-likeness (QED) is 0.816. The molecule has 3 nitrogen and oxygen atoms in total. The molecule has 2 atom stereocenters. The molecule has 0 bridgehead atoms. The van der Waals surface area contributed by atoms with Crippen LogP contribution in [0, 0.1) is 17.7 Å². The Kier molecular flexibility index (Phi) is 6.00. The number of nitrogens with zero attached hydrogens (tertiary/aromatic N) is 1. The van der Waals surface area contributed by atoms with Crippen LogP contribution in [0.3, 0.4) is 0 Å². The van der Waals surface area contributed by atoms with Gasteiger partial charge >= 0.3 is 0 Å². The number of methoxy groups -OCH3 is 1. The fraction of sp³-hybridized carbons (Fsp3) is 0.647. The van der Waals surface area contributed by atoms with Gasteiger partial charge in [-0.25, -0.2) is 4.39 Å². The van der Waals surface area contributed by atoms with Crippen molar-refractivity contribution in [1.29, 1.82) is 0 Å². The average molecular weight is 294 g/mol. The van der Waals surface area contributed by atoms with Crippen LogP contribution in [0.5, 0.6) is 0 Å². The zero-order valence-electron chi connectivity index (χ0n) is 13.4. The molecule has 1 aromatic rings. The Balaban J connectivity index is 2.09. The lowest BCUT2D eigenvalue weighted by molar-refractivity contribution is 0.199. The van der Waals surface area contributed by atoms with Crippen LogP contribution in [-0.4, -0.2) is 33.4 Å². The van der Waals surface area contributed by atoms with E-state index in [1.807, 2.05) is 12.1 Å². The van der Waals surface area contributed by atoms with Crippen LogP contribution >= 0.6 is 0 Å². The maximum atomic E-state index is 14.2. The molecule has 1 aliphatic rings. The standard InChI is InChI=1S/C17H27FN2O/c1-13-7-9-20(12-14(13)2)17-6-4-5-16(18)15(17)11-19-8-10-21-3/h4-6,13-14,19H,7-12H2,1-3H3. The van der Waals surface area contributed by atoms with Crippen molar-refractivity contribution in [2.45, 2.75) is 26.8 Å². The van der Waals surface area contributed by atoms with Gasteiger partial charge in [0.05, 0.1) is 6.61 Å². The van der Waals surface area contributed by atoms with Crippen molar-refractivity contribution < 1.29 is 9.13 Å². The van der Waals surface area contributed by atoms with Crippen LogP contribution in [0.4, 0.5) is 10.1 Å². The van der Waals surface area contributed by atoms with Crippen molar-refractivity contribution in [1.82, 2.24) is 5.32 Å². The molecule has 1 aromatic carbocycles. The summed E-state index contributed by atoms with van der Waals surface area (Å²) in [4.78, 5) is 2.33. The second-order valence-electron chi connectivity index (χ2n) is 6.10. The van der Waals surface area contributed by atoms with Crippen molar-refractivity contribution >= 4 is 5.69 Å². The lowest BCUT2D eigenvalue weighted by Crippen LogP contribution is -2.39. The highest BCUT2D eigenvalue weighted by atomic mass is 19.1. The van der Waals surface area contributed by atoms with E-state index in [0.29, 0.717) is 19.1 Å². The number of hydrogen-bond acceptors (Lipinski definition) is 3. The molecule has 1 heterocycles. The van der Waals surface area contributed by atoms with Gasteiger partial charge in [-0.15, -0.1) is 0 Å². The summed E-state index contributed by atoms with van der Waals surface area (Å²) >= 11 is 0. The van der Waals surface area contributed by atoms with Gasteiger partial charge in [-0.2, -0.15) is 0 Å². The second-order valence-corrected chi connectivity index (χ2v) is 6.10. The Morgan fingerprint density at radius 3 is 2.86 bits per heavy atom. The van der Waals surface area contributed by atoms with Crippen LogP contribution in [0.15, 0.2) is 18.2 Å². The van der Waals surface area contributed by atoms with E-state index in [9.17, 15) is 4.39 Å². The highest BCUT2D eigenvalue weighted by Gasteiger charge is 2.24. The zero-order chi connectivity index (χ0) is 15.2. The molecule has 0 aliphatic carbocycles. The first-order valence-electron chi connectivity index (χ1n) is 7.85. The zero-order valence-corrected chi connectivity index (χ0v) is 13.4. The molecule has 4 heteroatoms. The Hall–Kier alpha value is -1.13. The molecule has 0 saturated carbocycles. The van der Waals surface area contributed by atoms with Gasteiger partial charge in [-0.3, -0.25) is 0 Å². The number of ether oxygens (including phenoxy) is 1. The Labute approximate surface area is 127 Å². The summed E-state index contributed by atoms with van der Waals surface area (Å²) in [6.45, 7) is 8.54. The smallest absolute Gasteiger partial charge is 0.129 e. The summed E-state index contributed by atoms with van der Waals surface area (Å²) in [6, 6.07) is 5.40. The SMILES string of the molecule is COCCNCc1c(F)cccc1N1CCC(C)C(C)C1. The third-order valence-electron chi connectivity index (χ3n) is 4.55. The van der Waals surface area contributed by atoms with Gasteiger partial charge in [0.1, 0.15) is 5.82 Å². The first-order chi connectivity index (χ1) is 10.1. The normalized spacial score (nSPS) is 22.6. The number of nitrogens with one attached hydrogen (secondary N) is 1. The van der Waals surface area contributed by atoms with E-state index in [1.54, 1.807) is 13.2 Å². The lowest BCUT2D eigenvalue weighted by atomic mass is 9.88. The van der Waals surface area contributed by atoms with Gasteiger partial charge < -0.3 is 15.0 Å². The Morgan fingerprint density at radius 1 is 1.33 bits per heavy atom. The summed E-state index contributed by atoms with van der Waals surface area (Å²) in [5, 5.41) is 3.25. The molecule has 1 N–H and O–H groups in total. The highest BCUT2D eigenvalue weighted by Crippen LogP contribution is 2.30. The van der Waals surface area contributed by atoms with E-state index in [2.05, 4.69) is 24.1 Å². The lowest BCUT2D eigenvalue weighted by Gasteiger charge is -2.37. The maximum Gasteiger partial charge on any atom is 0.129 e. The van der Waals surface area contributed by atoms with Crippen LogP contribution < -0.4 is 10.2 Å². The predicted octanol–water partition coefficient (Wildman–Crippen LogP) is 3.04. The summed E-state index contributed by atoms with van der Waals surface area (Å²) in [6.07, 6.45) is 1.17. The largest absolute Gasteiger partial charge is 0.383 e. The van der Waals surface area contributed by atoms with Gasteiger partial charge in [-0.1, -0.05) is 19.9 Å². The van der Waals surface area contributed by atoms with E-state index in [-0.39, 0.29) is 5.82 Å². The summed E-state index contributed by atoms with van der Waals surface area (Å²) in [7, 11) is 1.67. The maximum absolute atomic E-state index is 14.2. The molecule has 0 aromatic heterocycles. The number of anilines is 1. The first-order valence-corrected chi connectivity index (χ1v) is 7.85. The van der Waals surface area contributed by atoms with Crippen LogP contribution in [0.1, 0.15) is 25.8 Å². The van der Waals surface area contributed by atoms with E-state index < -0.39 is 0 Å². The Bertz CT molecular complexity index is 452. The van der Waals surface area contributed by atoms with E-state index in [4.69, 9.17) is 4.74 Å². The molecule has 118 valence electrons. The number of halogens is 1. The van der Waals surface area contributed by atoms with Crippen molar-refractivity contribution in [3.05, 3.63) is 29.6 Å². The third-order valence-corrected chi connectivity index (χ3v) is 4.55. The molecule has 1 aliphatic heterocycles. The fourth-order valence-electron chi connectivity index (χ4n) is 2.89. The minimum absolute atomic E-state index is 0.122. The molecule has 2 rings (SSSR count). The summed E-state index contributed by atoms with van der Waals surface area (Å²) in [5.74, 6) is 1.28. The molecule has 1 saturated heterocycles. The van der Waals surface area contributed by atoms with Crippen molar-refractivity contribution in [3.8, 4) is 0 Å². The molecule has 21 heavy (non-hydrogen) atoms. The van der Waals surface area contributed by atoms with Crippen LogP contribution in [0.25, 0.3) is 0 Å². The number of rotatable bonds is 6. The van der Waals surface area contributed by atoms with E-state index in [0.717, 1.165) is 36.8 Å². The third kappa shape index (κ3) is 4.17. The monoisotopic (exact) mass is 294 g/mol. The minimum Gasteiger partial charge on any atom is -0.383 e. The predicted molar refractivity (Wildman–Crippen MR) is 85.1 cm³/mol. The van der Waals surface area contributed by atoms with Gasteiger partial charge in [0.25, 0.3) is 0 Å². The second kappa shape index (κ2) is 7.76. The van der Waals surface area contributed by atoms with Gasteiger partial charge in [0.15, 0.2) is 0 Å². The number of benzene rings is 1.